The lowest BCUT2D eigenvalue weighted by Gasteiger charge is -2.12. The lowest BCUT2D eigenvalue weighted by atomic mass is 10.0. The number of allylic oxidation sites excluding steroid dienone is 1. The van der Waals surface area contributed by atoms with Gasteiger partial charge in [-0.2, -0.15) is 0 Å². The Hall–Kier alpha value is -4.12. The summed E-state index contributed by atoms with van der Waals surface area (Å²) < 4.78 is 2.02. The van der Waals surface area contributed by atoms with Crippen LogP contribution in [0.5, 0.6) is 0 Å². The van der Waals surface area contributed by atoms with E-state index < -0.39 is 6.04 Å². The molecular weight excluding hydrogens is 396 g/mol. The molecule has 1 aromatic heterocycles. The van der Waals surface area contributed by atoms with E-state index in [9.17, 15) is 4.79 Å². The van der Waals surface area contributed by atoms with Crippen molar-refractivity contribution in [2.24, 2.45) is 4.99 Å². The van der Waals surface area contributed by atoms with E-state index in [4.69, 9.17) is 4.99 Å². The predicted molar refractivity (Wildman–Crippen MR) is 126 cm³/mol. The average Bonchev–Trinajstić information content (AvgIpc) is 3.16. The van der Waals surface area contributed by atoms with Gasteiger partial charge in [0.15, 0.2) is 11.6 Å². The summed E-state index contributed by atoms with van der Waals surface area (Å²) in [7, 11) is 0. The quantitative estimate of drug-likeness (QED) is 0.422. The van der Waals surface area contributed by atoms with Gasteiger partial charge in [-0.3, -0.25) is 14.4 Å². The van der Waals surface area contributed by atoms with Gasteiger partial charge < -0.3 is 0 Å². The van der Waals surface area contributed by atoms with Crippen LogP contribution >= 0.6 is 0 Å². The molecule has 5 nitrogen and oxygen atoms in total. The third kappa shape index (κ3) is 3.81. The highest BCUT2D eigenvalue weighted by Crippen LogP contribution is 2.32. The highest BCUT2D eigenvalue weighted by molar-refractivity contribution is 6.15. The largest absolute Gasteiger partial charge is 0.295 e. The molecule has 2 heterocycles. The lowest BCUT2D eigenvalue weighted by Crippen LogP contribution is -2.09. The van der Waals surface area contributed by atoms with E-state index in [0.717, 1.165) is 33.9 Å². The summed E-state index contributed by atoms with van der Waals surface area (Å²) in [6.45, 7) is 1.93. The number of hydrogen-bond donors (Lipinski definition) is 0. The molecule has 0 bridgehead atoms. The van der Waals surface area contributed by atoms with E-state index in [1.165, 1.54) is 0 Å². The van der Waals surface area contributed by atoms with Crippen LogP contribution in [0.4, 0.5) is 0 Å². The van der Waals surface area contributed by atoms with Crippen LogP contribution in [-0.2, 0) is 4.79 Å². The standard InChI is InChI=1S/C27H22N4O/c1-19-29-30-27-24(18-22(32)17-16-20-10-4-2-5-11-20)28-26(21-12-6-3-7-13-21)23-14-8-9-15-25(23)31(19)27/h2-17,24H,18H2,1H3/b17-16-. The Morgan fingerprint density at radius 3 is 2.38 bits per heavy atom. The van der Waals surface area contributed by atoms with Gasteiger partial charge in [-0.25, -0.2) is 0 Å². The molecule has 156 valence electrons. The van der Waals surface area contributed by atoms with Crippen LogP contribution in [0.25, 0.3) is 11.8 Å². The zero-order chi connectivity index (χ0) is 21.9. The maximum atomic E-state index is 12.9. The molecule has 3 aromatic carbocycles. The van der Waals surface area contributed by atoms with Gasteiger partial charge in [-0.1, -0.05) is 84.9 Å². The molecule has 0 radical (unpaired) electrons. The van der Waals surface area contributed by atoms with Crippen LogP contribution in [0.15, 0.2) is 96.0 Å². The minimum Gasteiger partial charge on any atom is -0.295 e. The summed E-state index contributed by atoms with van der Waals surface area (Å²) in [4.78, 5) is 18.0. The summed E-state index contributed by atoms with van der Waals surface area (Å²) in [6, 6.07) is 27.5. The molecule has 1 aliphatic heterocycles. The number of benzene rings is 3. The molecule has 5 heteroatoms. The van der Waals surface area contributed by atoms with E-state index in [0.29, 0.717) is 5.82 Å². The van der Waals surface area contributed by atoms with Crippen molar-refractivity contribution in [3.63, 3.8) is 0 Å². The van der Waals surface area contributed by atoms with Gasteiger partial charge >= 0.3 is 0 Å². The van der Waals surface area contributed by atoms with Crippen molar-refractivity contribution in [1.82, 2.24) is 14.8 Å². The highest BCUT2D eigenvalue weighted by Gasteiger charge is 2.28. The van der Waals surface area contributed by atoms with Crippen LogP contribution < -0.4 is 0 Å². The number of nitrogens with zero attached hydrogens (tertiary/aromatic N) is 4. The third-order valence-corrected chi connectivity index (χ3v) is 5.54. The fourth-order valence-corrected chi connectivity index (χ4v) is 4.02. The number of aliphatic imine (C=N–C) groups is 1. The van der Waals surface area contributed by atoms with Crippen LogP contribution in [0.1, 0.15) is 40.8 Å². The third-order valence-electron chi connectivity index (χ3n) is 5.54. The van der Waals surface area contributed by atoms with Crippen molar-refractivity contribution in [1.29, 1.82) is 0 Å². The lowest BCUT2D eigenvalue weighted by molar-refractivity contribution is -0.114. The van der Waals surface area contributed by atoms with Crippen molar-refractivity contribution in [3.05, 3.63) is 119 Å². The Morgan fingerprint density at radius 1 is 0.906 bits per heavy atom. The number of hydrogen-bond acceptors (Lipinski definition) is 4. The Morgan fingerprint density at radius 2 is 1.59 bits per heavy atom. The Kier molecular flexibility index (Phi) is 5.30. The summed E-state index contributed by atoms with van der Waals surface area (Å²) in [5, 5.41) is 8.73. The summed E-state index contributed by atoms with van der Waals surface area (Å²) >= 11 is 0. The molecule has 32 heavy (non-hydrogen) atoms. The molecule has 1 unspecified atom stereocenters. The van der Waals surface area contributed by atoms with E-state index in [1.807, 2.05) is 96.4 Å². The summed E-state index contributed by atoms with van der Waals surface area (Å²) in [6.07, 6.45) is 3.68. The van der Waals surface area contributed by atoms with Gasteiger partial charge in [-0.15, -0.1) is 10.2 Å². The van der Waals surface area contributed by atoms with E-state index in [-0.39, 0.29) is 12.2 Å². The molecule has 0 fully saturated rings. The van der Waals surface area contributed by atoms with Crippen molar-refractivity contribution in [2.75, 3.05) is 0 Å². The van der Waals surface area contributed by atoms with Gasteiger partial charge in [0, 0.05) is 17.5 Å². The van der Waals surface area contributed by atoms with Crippen LogP contribution in [0.2, 0.25) is 0 Å². The second-order valence-electron chi connectivity index (χ2n) is 7.73. The molecule has 0 saturated carbocycles. The maximum absolute atomic E-state index is 12.9. The monoisotopic (exact) mass is 418 g/mol. The van der Waals surface area contributed by atoms with Gasteiger partial charge in [0.25, 0.3) is 0 Å². The normalized spacial score (nSPS) is 15.0. The molecule has 5 rings (SSSR count). The SMILES string of the molecule is Cc1nnc2n1-c1ccccc1C(c1ccccc1)=NC2CC(=O)/C=C\c1ccccc1. The van der Waals surface area contributed by atoms with Gasteiger partial charge in [0.1, 0.15) is 11.9 Å². The van der Waals surface area contributed by atoms with Crippen LogP contribution in [-0.4, -0.2) is 26.3 Å². The molecule has 4 aromatic rings. The number of rotatable bonds is 5. The second kappa shape index (κ2) is 8.55. The maximum Gasteiger partial charge on any atom is 0.162 e. The van der Waals surface area contributed by atoms with Crippen molar-refractivity contribution < 1.29 is 4.79 Å². The van der Waals surface area contributed by atoms with Crippen LogP contribution in [0, 0.1) is 6.92 Å². The Labute approximate surface area is 186 Å². The average molecular weight is 419 g/mol. The Bertz CT molecular complexity index is 1320. The molecule has 1 aliphatic rings. The fourth-order valence-electron chi connectivity index (χ4n) is 4.02. The number of aryl methyl sites for hydroxylation is 1. The molecule has 0 spiro atoms. The molecule has 0 saturated heterocycles. The van der Waals surface area contributed by atoms with Crippen molar-refractivity contribution in [2.45, 2.75) is 19.4 Å². The Balaban J connectivity index is 1.58. The topological polar surface area (TPSA) is 60.1 Å². The number of aromatic nitrogens is 3. The van der Waals surface area contributed by atoms with Gasteiger partial charge in [-0.05, 0) is 24.6 Å². The molecular formula is C27H22N4O. The minimum atomic E-state index is -0.438. The number of ketones is 1. The molecule has 0 amide bonds. The number of carbonyl (C=O) groups is 1. The molecule has 0 aliphatic carbocycles. The van der Waals surface area contributed by atoms with Gasteiger partial charge in [0.2, 0.25) is 0 Å². The minimum absolute atomic E-state index is 0.00632. The summed E-state index contributed by atoms with van der Waals surface area (Å²) in [5.41, 5.74) is 4.83. The first-order valence-corrected chi connectivity index (χ1v) is 10.6. The molecule has 1 atom stereocenters. The first-order chi connectivity index (χ1) is 15.7. The second-order valence-corrected chi connectivity index (χ2v) is 7.73. The van der Waals surface area contributed by atoms with E-state index in [1.54, 1.807) is 6.08 Å². The zero-order valence-corrected chi connectivity index (χ0v) is 17.7. The van der Waals surface area contributed by atoms with E-state index in [2.05, 4.69) is 16.3 Å². The fraction of sp³-hybridized carbons (Fsp3) is 0.111. The molecule has 0 N–H and O–H groups in total. The zero-order valence-electron chi connectivity index (χ0n) is 17.7. The predicted octanol–water partition coefficient (Wildman–Crippen LogP) is 5.14. The highest BCUT2D eigenvalue weighted by atomic mass is 16.1. The first kappa shape index (κ1) is 19.8. The first-order valence-electron chi connectivity index (χ1n) is 10.6. The van der Waals surface area contributed by atoms with Crippen molar-refractivity contribution in [3.8, 4) is 5.69 Å². The number of fused-ring (bicyclic) bond motifs is 3. The van der Waals surface area contributed by atoms with Gasteiger partial charge in [0.05, 0.1) is 11.4 Å². The number of para-hydroxylation sites is 1. The van der Waals surface area contributed by atoms with Crippen LogP contribution in [0.3, 0.4) is 0 Å². The summed E-state index contributed by atoms with van der Waals surface area (Å²) in [5.74, 6) is 1.45. The van der Waals surface area contributed by atoms with Crippen molar-refractivity contribution >= 4 is 17.6 Å². The number of carbonyl (C=O) groups excluding carboxylic acids is 1. The smallest absolute Gasteiger partial charge is 0.162 e. The van der Waals surface area contributed by atoms with E-state index >= 15 is 0 Å².